The fourth-order valence-corrected chi connectivity index (χ4v) is 2.64. The van der Waals surface area contributed by atoms with E-state index in [-0.39, 0.29) is 29.9 Å². The van der Waals surface area contributed by atoms with Crippen molar-refractivity contribution in [3.05, 3.63) is 59.9 Å². The Bertz CT molecular complexity index is 849. The van der Waals surface area contributed by atoms with E-state index in [2.05, 4.69) is 0 Å². The average molecular weight is 428 g/mol. The molecule has 0 aliphatic carbocycles. The Balaban J connectivity index is 0.000000326. The van der Waals surface area contributed by atoms with E-state index in [0.717, 1.165) is 5.56 Å². The lowest BCUT2D eigenvalue weighted by molar-refractivity contribution is -0.148. The molecule has 2 N–H and O–H groups in total. The molecule has 2 aromatic carbocycles. The molecule has 160 valence electrons. The molecule has 0 saturated heterocycles. The van der Waals surface area contributed by atoms with Crippen LogP contribution >= 0.6 is 0 Å². The lowest BCUT2D eigenvalue weighted by atomic mass is 10.2. The van der Waals surface area contributed by atoms with E-state index in [1.807, 2.05) is 6.92 Å². The molecule has 0 saturated carbocycles. The highest BCUT2D eigenvalue weighted by atomic mass is 32.2. The van der Waals surface area contributed by atoms with Crippen molar-refractivity contribution in [1.29, 1.82) is 0 Å². The molecule has 1 atom stereocenters. The Morgan fingerprint density at radius 3 is 2.17 bits per heavy atom. The number of aliphatic hydroxyl groups is 1. The molecular weight excluding hydrogens is 403 g/mol. The van der Waals surface area contributed by atoms with Crippen molar-refractivity contribution < 1.29 is 36.7 Å². The standard InChI is InChI=1S/C13H17FO4.C7H8O3S/c1-10(16)18-13(3-2-8-15)9-17-12-6-4-11(14)5-7-12;1-6-2-4-7(5-3-6)11(8,9)10/h4-7,13,15H,2-3,8-9H2,1H3;2-5H,1H3,(H,8,9,10). The molecule has 0 heterocycles. The largest absolute Gasteiger partial charge is 0.490 e. The third-order valence-corrected chi connectivity index (χ3v) is 4.45. The highest BCUT2D eigenvalue weighted by Gasteiger charge is 2.12. The monoisotopic (exact) mass is 428 g/mol. The molecule has 0 aliphatic heterocycles. The van der Waals surface area contributed by atoms with Crippen LogP contribution in [0.3, 0.4) is 0 Å². The zero-order chi connectivity index (χ0) is 21.9. The van der Waals surface area contributed by atoms with Crippen molar-refractivity contribution in [2.24, 2.45) is 0 Å². The van der Waals surface area contributed by atoms with Crippen LogP contribution in [-0.4, -0.2) is 43.4 Å². The van der Waals surface area contributed by atoms with Gasteiger partial charge in [-0.15, -0.1) is 0 Å². The molecule has 0 bridgehead atoms. The van der Waals surface area contributed by atoms with Gasteiger partial charge in [0.25, 0.3) is 10.1 Å². The van der Waals surface area contributed by atoms with Crippen molar-refractivity contribution in [3.63, 3.8) is 0 Å². The summed E-state index contributed by atoms with van der Waals surface area (Å²) in [7, 11) is -4.02. The minimum Gasteiger partial charge on any atom is -0.490 e. The second kappa shape index (κ2) is 12.2. The van der Waals surface area contributed by atoms with E-state index in [1.165, 1.54) is 43.3 Å². The van der Waals surface area contributed by atoms with Gasteiger partial charge >= 0.3 is 5.97 Å². The predicted octanol–water partition coefficient (Wildman–Crippen LogP) is 3.15. The van der Waals surface area contributed by atoms with Gasteiger partial charge in [0.2, 0.25) is 0 Å². The second-order valence-electron chi connectivity index (χ2n) is 6.15. The van der Waals surface area contributed by atoms with Gasteiger partial charge in [-0.05, 0) is 56.2 Å². The van der Waals surface area contributed by atoms with Crippen LogP contribution in [0.25, 0.3) is 0 Å². The molecule has 29 heavy (non-hydrogen) atoms. The van der Waals surface area contributed by atoms with Gasteiger partial charge in [-0.2, -0.15) is 8.42 Å². The van der Waals surface area contributed by atoms with Gasteiger partial charge < -0.3 is 14.6 Å². The summed E-state index contributed by atoms with van der Waals surface area (Å²) in [6.07, 6.45) is 0.654. The van der Waals surface area contributed by atoms with Gasteiger partial charge in [0.1, 0.15) is 24.3 Å². The number of aliphatic hydroxyl groups excluding tert-OH is 1. The van der Waals surface area contributed by atoms with Gasteiger partial charge in [-0.25, -0.2) is 4.39 Å². The Labute approximate surface area is 169 Å². The molecule has 0 spiro atoms. The number of hydrogen-bond acceptors (Lipinski definition) is 6. The van der Waals surface area contributed by atoms with Crippen molar-refractivity contribution in [3.8, 4) is 5.75 Å². The van der Waals surface area contributed by atoms with E-state index in [1.54, 1.807) is 12.1 Å². The number of benzene rings is 2. The smallest absolute Gasteiger partial charge is 0.303 e. The van der Waals surface area contributed by atoms with Crippen LogP contribution in [0.5, 0.6) is 5.75 Å². The fraction of sp³-hybridized carbons (Fsp3) is 0.350. The molecule has 0 amide bonds. The van der Waals surface area contributed by atoms with Crippen molar-refractivity contribution in [2.75, 3.05) is 13.2 Å². The number of esters is 1. The maximum Gasteiger partial charge on any atom is 0.303 e. The normalized spacial score (nSPS) is 11.8. The molecular formula is C20H25FO7S. The summed E-state index contributed by atoms with van der Waals surface area (Å²) >= 11 is 0. The number of carbonyl (C=O) groups excluding carboxylic acids is 1. The molecule has 1 unspecified atom stereocenters. The first-order chi connectivity index (χ1) is 13.6. The molecule has 2 aromatic rings. The Hall–Kier alpha value is -2.49. The van der Waals surface area contributed by atoms with Crippen molar-refractivity contribution in [1.82, 2.24) is 0 Å². The van der Waals surface area contributed by atoms with Crippen LogP contribution in [0.4, 0.5) is 4.39 Å². The molecule has 0 fully saturated rings. The molecule has 9 heteroatoms. The molecule has 2 rings (SSSR count). The van der Waals surface area contributed by atoms with Gasteiger partial charge in [-0.1, -0.05) is 17.7 Å². The van der Waals surface area contributed by atoms with Crippen LogP contribution in [0, 0.1) is 12.7 Å². The topological polar surface area (TPSA) is 110 Å². The number of aryl methyl sites for hydroxylation is 1. The predicted molar refractivity (Wildman–Crippen MR) is 105 cm³/mol. The number of halogens is 1. The minimum atomic E-state index is -4.02. The van der Waals surface area contributed by atoms with Crippen molar-refractivity contribution in [2.45, 2.75) is 37.7 Å². The first kappa shape index (κ1) is 24.5. The van der Waals surface area contributed by atoms with E-state index in [9.17, 15) is 17.6 Å². The Morgan fingerprint density at radius 1 is 1.10 bits per heavy atom. The summed E-state index contributed by atoms with van der Waals surface area (Å²) in [6.45, 7) is 3.39. The van der Waals surface area contributed by atoms with E-state index in [4.69, 9.17) is 19.1 Å². The highest BCUT2D eigenvalue weighted by molar-refractivity contribution is 7.85. The van der Waals surface area contributed by atoms with Crippen LogP contribution in [0.15, 0.2) is 53.4 Å². The number of rotatable bonds is 8. The molecule has 7 nitrogen and oxygen atoms in total. The van der Waals surface area contributed by atoms with Gasteiger partial charge in [0, 0.05) is 13.5 Å². The van der Waals surface area contributed by atoms with Crippen LogP contribution in [-0.2, 0) is 19.6 Å². The van der Waals surface area contributed by atoms with Crippen LogP contribution in [0.1, 0.15) is 25.3 Å². The fourth-order valence-electron chi connectivity index (χ4n) is 2.16. The Morgan fingerprint density at radius 2 is 1.69 bits per heavy atom. The maximum atomic E-state index is 12.7. The summed E-state index contributed by atoms with van der Waals surface area (Å²) in [4.78, 5) is 10.8. The van der Waals surface area contributed by atoms with E-state index < -0.39 is 16.2 Å². The molecule has 0 radical (unpaired) electrons. The molecule has 0 aromatic heterocycles. The quantitative estimate of drug-likeness (QED) is 0.491. The lowest BCUT2D eigenvalue weighted by Gasteiger charge is -2.17. The maximum absolute atomic E-state index is 12.7. The van der Waals surface area contributed by atoms with Gasteiger partial charge in [0.15, 0.2) is 0 Å². The van der Waals surface area contributed by atoms with Crippen LogP contribution < -0.4 is 4.74 Å². The third kappa shape index (κ3) is 10.6. The van der Waals surface area contributed by atoms with Crippen LogP contribution in [0.2, 0.25) is 0 Å². The summed E-state index contributed by atoms with van der Waals surface area (Å²) < 4.78 is 52.7. The van der Waals surface area contributed by atoms with Gasteiger partial charge in [0.05, 0.1) is 4.90 Å². The van der Waals surface area contributed by atoms with Gasteiger partial charge in [-0.3, -0.25) is 9.35 Å². The summed E-state index contributed by atoms with van der Waals surface area (Å²) in [6, 6.07) is 11.6. The zero-order valence-electron chi connectivity index (χ0n) is 16.2. The van der Waals surface area contributed by atoms with Crippen molar-refractivity contribution >= 4 is 16.1 Å². The minimum absolute atomic E-state index is 0.0360. The lowest BCUT2D eigenvalue weighted by Crippen LogP contribution is -2.24. The first-order valence-electron chi connectivity index (χ1n) is 8.82. The Kier molecular flexibility index (Phi) is 10.3. The SMILES string of the molecule is CC(=O)OC(CCCO)COc1ccc(F)cc1.Cc1ccc(S(=O)(=O)O)cc1. The number of carbonyl (C=O) groups is 1. The second-order valence-corrected chi connectivity index (χ2v) is 7.57. The van der Waals surface area contributed by atoms with E-state index in [0.29, 0.717) is 18.6 Å². The summed E-state index contributed by atoms with van der Waals surface area (Å²) in [5.41, 5.74) is 0.956. The molecule has 0 aliphatic rings. The number of hydrogen-bond donors (Lipinski definition) is 2. The summed E-state index contributed by atoms with van der Waals surface area (Å²) in [5.74, 6) is -0.211. The zero-order valence-corrected chi connectivity index (χ0v) is 17.1. The van der Waals surface area contributed by atoms with E-state index >= 15 is 0 Å². The third-order valence-electron chi connectivity index (χ3n) is 3.59. The average Bonchev–Trinajstić information content (AvgIpc) is 2.65. The first-order valence-corrected chi connectivity index (χ1v) is 10.3. The summed E-state index contributed by atoms with van der Waals surface area (Å²) in [5, 5.41) is 8.74. The number of ether oxygens (including phenoxy) is 2. The highest BCUT2D eigenvalue weighted by Crippen LogP contribution is 2.13.